The summed E-state index contributed by atoms with van der Waals surface area (Å²) in [6.07, 6.45) is 1.55. The predicted octanol–water partition coefficient (Wildman–Crippen LogP) is 4.55. The monoisotopic (exact) mass is 458 g/mol. The molecule has 1 amide bonds. The Hall–Kier alpha value is -2.97. The molecular weight excluding hydrogens is 444 g/mol. The minimum Gasteiger partial charge on any atom is -0.488 e. The first kappa shape index (κ1) is 19.8. The van der Waals surface area contributed by atoms with Gasteiger partial charge in [0.15, 0.2) is 0 Å². The number of carboxylic acid groups (broad SMARTS) is 1. The number of carbonyl (C=O) groups excluding carboxylic acids is 1. The molecule has 0 aliphatic carbocycles. The van der Waals surface area contributed by atoms with Crippen molar-refractivity contribution < 1.29 is 19.4 Å². The number of carboxylic acids is 1. The highest BCUT2D eigenvalue weighted by Crippen LogP contribution is 2.26. The number of ether oxygens (including phenoxy) is 1. The minimum atomic E-state index is -0.959. The van der Waals surface area contributed by atoms with E-state index in [1.54, 1.807) is 48.7 Å². The molecule has 0 radical (unpaired) electrons. The third-order valence-electron chi connectivity index (χ3n) is 3.68. The number of hydrazone groups is 1. The average Bonchev–Trinajstić information content (AvgIpc) is 3.22. The Morgan fingerprint density at radius 3 is 2.61 bits per heavy atom. The molecule has 0 atom stereocenters. The second-order valence-corrected chi connectivity index (χ2v) is 7.46. The lowest BCUT2D eigenvalue weighted by Gasteiger charge is -2.09. The molecule has 0 spiro atoms. The summed E-state index contributed by atoms with van der Waals surface area (Å²) in [7, 11) is 0. The standard InChI is InChI=1S/C20H15BrN2O4S/c21-16-10-14(11-22-23-19(24)18-2-1-9-28-18)5-8-17(16)27-12-13-3-6-15(7-4-13)20(25)26/h1-11H,12H2,(H,23,24)(H,25,26). The molecule has 1 heterocycles. The number of benzene rings is 2. The van der Waals surface area contributed by atoms with Crippen molar-refractivity contribution in [3.63, 3.8) is 0 Å². The number of carbonyl (C=O) groups is 2. The van der Waals surface area contributed by atoms with Crippen LogP contribution in [-0.2, 0) is 6.61 Å². The van der Waals surface area contributed by atoms with Gasteiger partial charge < -0.3 is 9.84 Å². The number of hydrogen-bond donors (Lipinski definition) is 2. The van der Waals surface area contributed by atoms with Crippen LogP contribution in [0.1, 0.15) is 31.2 Å². The molecule has 0 saturated heterocycles. The third-order valence-corrected chi connectivity index (χ3v) is 5.16. The van der Waals surface area contributed by atoms with Crippen molar-refractivity contribution in [2.24, 2.45) is 5.10 Å². The van der Waals surface area contributed by atoms with Gasteiger partial charge in [-0.1, -0.05) is 18.2 Å². The molecule has 0 saturated carbocycles. The first-order valence-electron chi connectivity index (χ1n) is 8.14. The van der Waals surface area contributed by atoms with E-state index in [4.69, 9.17) is 9.84 Å². The molecule has 3 aromatic rings. The number of amides is 1. The highest BCUT2D eigenvalue weighted by atomic mass is 79.9. The van der Waals surface area contributed by atoms with E-state index in [1.165, 1.54) is 11.3 Å². The maximum absolute atomic E-state index is 11.8. The third kappa shape index (κ3) is 5.28. The molecule has 8 heteroatoms. The van der Waals surface area contributed by atoms with E-state index in [2.05, 4.69) is 26.5 Å². The summed E-state index contributed by atoms with van der Waals surface area (Å²) in [6, 6.07) is 15.5. The van der Waals surface area contributed by atoms with Gasteiger partial charge in [-0.2, -0.15) is 5.10 Å². The van der Waals surface area contributed by atoms with Gasteiger partial charge in [0.05, 0.1) is 21.1 Å². The van der Waals surface area contributed by atoms with Crippen molar-refractivity contribution in [3.8, 4) is 5.75 Å². The van der Waals surface area contributed by atoms with E-state index in [-0.39, 0.29) is 11.5 Å². The van der Waals surface area contributed by atoms with Crippen LogP contribution in [-0.4, -0.2) is 23.2 Å². The van der Waals surface area contributed by atoms with Gasteiger partial charge in [-0.15, -0.1) is 11.3 Å². The molecule has 6 nitrogen and oxygen atoms in total. The van der Waals surface area contributed by atoms with Crippen molar-refractivity contribution >= 4 is 45.4 Å². The SMILES string of the molecule is O=C(O)c1ccc(COc2ccc(C=NNC(=O)c3cccs3)cc2Br)cc1. The van der Waals surface area contributed by atoms with Gasteiger partial charge in [0.1, 0.15) is 12.4 Å². The number of aromatic carboxylic acids is 1. The second kappa shape index (κ2) is 9.29. The van der Waals surface area contributed by atoms with Crippen LogP contribution in [0.4, 0.5) is 0 Å². The summed E-state index contributed by atoms with van der Waals surface area (Å²) >= 11 is 4.80. The molecule has 0 fully saturated rings. The van der Waals surface area contributed by atoms with Gasteiger partial charge in [0.2, 0.25) is 0 Å². The summed E-state index contributed by atoms with van der Waals surface area (Å²) in [5.74, 6) is -0.569. The van der Waals surface area contributed by atoms with E-state index in [0.29, 0.717) is 17.2 Å². The summed E-state index contributed by atoms with van der Waals surface area (Å²) in [5, 5.41) is 14.7. The number of hydrogen-bond acceptors (Lipinski definition) is 5. The summed E-state index contributed by atoms with van der Waals surface area (Å²) in [5.41, 5.74) is 4.36. The molecular formula is C20H15BrN2O4S. The van der Waals surface area contributed by atoms with Crippen molar-refractivity contribution in [2.45, 2.75) is 6.61 Å². The zero-order valence-corrected chi connectivity index (χ0v) is 16.9. The number of nitrogens with one attached hydrogen (secondary N) is 1. The molecule has 3 rings (SSSR count). The topological polar surface area (TPSA) is 88.0 Å². The number of halogens is 1. The fraction of sp³-hybridized carbons (Fsp3) is 0.0500. The van der Waals surface area contributed by atoms with Crippen LogP contribution in [0.2, 0.25) is 0 Å². The molecule has 0 bridgehead atoms. The van der Waals surface area contributed by atoms with Crippen molar-refractivity contribution in [1.29, 1.82) is 0 Å². The lowest BCUT2D eigenvalue weighted by molar-refractivity contribution is 0.0696. The maximum atomic E-state index is 11.8. The Labute approximate surface area is 173 Å². The molecule has 28 heavy (non-hydrogen) atoms. The average molecular weight is 459 g/mol. The van der Waals surface area contributed by atoms with Crippen molar-refractivity contribution in [3.05, 3.63) is 86.0 Å². The van der Waals surface area contributed by atoms with Gasteiger partial charge in [0.25, 0.3) is 5.91 Å². The lowest BCUT2D eigenvalue weighted by atomic mass is 10.1. The van der Waals surface area contributed by atoms with Gasteiger partial charge in [-0.25, -0.2) is 10.2 Å². The Morgan fingerprint density at radius 2 is 1.96 bits per heavy atom. The van der Waals surface area contributed by atoms with Crippen LogP contribution in [0.3, 0.4) is 0 Å². The normalized spacial score (nSPS) is 10.8. The second-order valence-electron chi connectivity index (χ2n) is 5.66. The summed E-state index contributed by atoms with van der Waals surface area (Å²) in [6.45, 7) is 0.308. The van der Waals surface area contributed by atoms with Crippen LogP contribution in [0.15, 0.2) is 69.6 Å². The Kier molecular flexibility index (Phi) is 6.57. The van der Waals surface area contributed by atoms with Crippen molar-refractivity contribution in [2.75, 3.05) is 0 Å². The number of rotatable bonds is 7. The van der Waals surface area contributed by atoms with Crippen LogP contribution >= 0.6 is 27.3 Å². The van der Waals surface area contributed by atoms with Crippen LogP contribution in [0.5, 0.6) is 5.75 Å². The smallest absolute Gasteiger partial charge is 0.335 e. The minimum absolute atomic E-state index is 0.236. The zero-order chi connectivity index (χ0) is 19.9. The quantitative estimate of drug-likeness (QED) is 0.401. The first-order valence-corrected chi connectivity index (χ1v) is 9.81. The highest BCUT2D eigenvalue weighted by molar-refractivity contribution is 9.10. The number of thiophene rings is 1. The van der Waals surface area contributed by atoms with Gasteiger partial charge >= 0.3 is 5.97 Å². The summed E-state index contributed by atoms with van der Waals surface area (Å²) < 4.78 is 6.50. The molecule has 2 aromatic carbocycles. The number of nitrogens with zero attached hydrogens (tertiary/aromatic N) is 1. The largest absolute Gasteiger partial charge is 0.488 e. The van der Waals surface area contributed by atoms with Crippen LogP contribution in [0, 0.1) is 0 Å². The highest BCUT2D eigenvalue weighted by Gasteiger charge is 2.06. The fourth-order valence-corrected chi connectivity index (χ4v) is 3.37. The fourth-order valence-electron chi connectivity index (χ4n) is 2.25. The molecule has 2 N–H and O–H groups in total. The summed E-state index contributed by atoms with van der Waals surface area (Å²) in [4.78, 5) is 23.3. The Bertz CT molecular complexity index is 1000. The Balaban J connectivity index is 1.56. The Morgan fingerprint density at radius 1 is 1.18 bits per heavy atom. The molecule has 0 aliphatic rings. The van der Waals surface area contributed by atoms with E-state index in [1.807, 2.05) is 17.5 Å². The molecule has 1 aromatic heterocycles. The van der Waals surface area contributed by atoms with E-state index in [9.17, 15) is 9.59 Å². The predicted molar refractivity (Wildman–Crippen MR) is 111 cm³/mol. The molecule has 142 valence electrons. The zero-order valence-electron chi connectivity index (χ0n) is 14.5. The van der Waals surface area contributed by atoms with Gasteiger partial charge in [0, 0.05) is 0 Å². The van der Waals surface area contributed by atoms with E-state index < -0.39 is 5.97 Å². The maximum Gasteiger partial charge on any atom is 0.335 e. The van der Waals surface area contributed by atoms with Gasteiger partial charge in [-0.05, 0) is 68.8 Å². The van der Waals surface area contributed by atoms with Crippen LogP contribution in [0.25, 0.3) is 0 Å². The van der Waals surface area contributed by atoms with Gasteiger partial charge in [-0.3, -0.25) is 4.79 Å². The first-order chi connectivity index (χ1) is 13.5. The van der Waals surface area contributed by atoms with E-state index >= 15 is 0 Å². The van der Waals surface area contributed by atoms with Crippen molar-refractivity contribution in [1.82, 2.24) is 5.43 Å². The lowest BCUT2D eigenvalue weighted by Crippen LogP contribution is -2.16. The molecule has 0 aliphatic heterocycles. The van der Waals surface area contributed by atoms with E-state index in [0.717, 1.165) is 15.6 Å². The van der Waals surface area contributed by atoms with Crippen LogP contribution < -0.4 is 10.2 Å². The molecule has 0 unspecified atom stereocenters.